The molecule has 0 aliphatic rings. The molecule has 2 rings (SSSR count). The van der Waals surface area contributed by atoms with Crippen LogP contribution in [0.1, 0.15) is 42.8 Å². The fourth-order valence-electron chi connectivity index (χ4n) is 1.83. The number of benzene rings is 1. The van der Waals surface area contributed by atoms with Crippen LogP contribution in [0.2, 0.25) is 0 Å². The Kier molecular flexibility index (Phi) is 3.74. The van der Waals surface area contributed by atoms with Crippen molar-refractivity contribution in [2.24, 2.45) is 0 Å². The first-order chi connectivity index (χ1) is 9.45. The van der Waals surface area contributed by atoms with Crippen LogP contribution in [0.25, 0.3) is 0 Å². The molecule has 0 radical (unpaired) electrons. The summed E-state index contributed by atoms with van der Waals surface area (Å²) in [6.45, 7) is 6.25. The maximum atomic E-state index is 11.7. The smallest absolute Gasteiger partial charge is 0.292 e. The molecular weight excluding hydrogens is 256 g/mol. The van der Waals surface area contributed by atoms with E-state index in [0.29, 0.717) is 18.1 Å². The van der Waals surface area contributed by atoms with Crippen LogP contribution in [0.5, 0.6) is 0 Å². The number of carbonyl (C=O) groups is 1. The molecule has 1 heterocycles. The van der Waals surface area contributed by atoms with E-state index in [9.17, 15) is 4.79 Å². The Balaban J connectivity index is 2.30. The van der Waals surface area contributed by atoms with E-state index in [1.165, 1.54) is 0 Å². The zero-order valence-electron chi connectivity index (χ0n) is 11.8. The van der Waals surface area contributed by atoms with Crippen molar-refractivity contribution in [1.82, 2.24) is 15.5 Å². The van der Waals surface area contributed by atoms with Gasteiger partial charge in [0, 0.05) is 12.2 Å². The van der Waals surface area contributed by atoms with Gasteiger partial charge in [0.15, 0.2) is 0 Å². The maximum absolute atomic E-state index is 11.7. The molecule has 6 nitrogen and oxygen atoms in total. The number of nitrogens with one attached hydrogen (secondary N) is 1. The number of nitrogen functional groups attached to an aromatic ring is 1. The second-order valence-electron chi connectivity index (χ2n) is 5.03. The molecule has 0 bridgehead atoms. The maximum Gasteiger partial charge on any atom is 0.292 e. The molecular formula is C14H18N4O2. The molecule has 1 aromatic heterocycles. The van der Waals surface area contributed by atoms with Crippen LogP contribution in [0.15, 0.2) is 28.8 Å². The van der Waals surface area contributed by atoms with E-state index in [1.54, 1.807) is 0 Å². The van der Waals surface area contributed by atoms with Crippen LogP contribution in [0.4, 0.5) is 5.69 Å². The van der Waals surface area contributed by atoms with Gasteiger partial charge in [-0.25, -0.2) is 0 Å². The molecule has 0 aliphatic carbocycles. The van der Waals surface area contributed by atoms with E-state index in [1.807, 2.05) is 45.0 Å². The first kappa shape index (κ1) is 14.0. The van der Waals surface area contributed by atoms with Crippen LogP contribution in [-0.2, 0) is 5.41 Å². The van der Waals surface area contributed by atoms with Gasteiger partial charge in [0.05, 0.1) is 5.41 Å². The van der Waals surface area contributed by atoms with Gasteiger partial charge in [-0.05, 0) is 38.5 Å². The first-order valence-electron chi connectivity index (χ1n) is 6.43. The molecule has 0 saturated carbocycles. The molecule has 0 unspecified atom stereocenters. The number of hydrogen-bond acceptors (Lipinski definition) is 5. The lowest BCUT2D eigenvalue weighted by molar-refractivity contribution is 0.0942. The van der Waals surface area contributed by atoms with Crippen molar-refractivity contribution in [1.29, 1.82) is 0 Å². The summed E-state index contributed by atoms with van der Waals surface area (Å²) in [5, 5.41) is 6.35. The lowest BCUT2D eigenvalue weighted by Crippen LogP contribution is -2.24. The monoisotopic (exact) mass is 274 g/mol. The minimum absolute atomic E-state index is 0.0466. The third-order valence-electron chi connectivity index (χ3n) is 3.13. The Bertz CT molecular complexity index is 602. The number of nitrogens with two attached hydrogens (primary N) is 1. The zero-order chi connectivity index (χ0) is 14.8. The fraction of sp³-hybridized carbons (Fsp3) is 0.357. The number of amides is 1. The van der Waals surface area contributed by atoms with E-state index in [2.05, 4.69) is 15.5 Å². The zero-order valence-corrected chi connectivity index (χ0v) is 11.8. The van der Waals surface area contributed by atoms with Gasteiger partial charge in [0.25, 0.3) is 11.7 Å². The molecule has 2 aromatic rings. The Hall–Kier alpha value is -2.37. The van der Waals surface area contributed by atoms with Gasteiger partial charge in [-0.1, -0.05) is 17.3 Å². The van der Waals surface area contributed by atoms with Crippen molar-refractivity contribution >= 4 is 11.6 Å². The summed E-state index contributed by atoms with van der Waals surface area (Å²) >= 11 is 0. The van der Waals surface area contributed by atoms with E-state index in [4.69, 9.17) is 10.3 Å². The second kappa shape index (κ2) is 5.32. The average Bonchev–Trinajstić information content (AvgIpc) is 2.90. The Morgan fingerprint density at radius 1 is 1.35 bits per heavy atom. The highest BCUT2D eigenvalue weighted by Gasteiger charge is 2.30. The summed E-state index contributed by atoms with van der Waals surface area (Å²) in [6, 6.07) is 7.45. The number of hydrogen-bond donors (Lipinski definition) is 2. The van der Waals surface area contributed by atoms with Crippen molar-refractivity contribution in [3.63, 3.8) is 0 Å². The molecule has 0 fully saturated rings. The largest absolute Gasteiger partial charge is 0.399 e. The predicted octanol–water partition coefficient (Wildman–Crippen LogP) is 1.73. The second-order valence-corrected chi connectivity index (χ2v) is 5.03. The molecule has 106 valence electrons. The van der Waals surface area contributed by atoms with Crippen LogP contribution >= 0.6 is 0 Å². The van der Waals surface area contributed by atoms with Crippen LogP contribution in [-0.4, -0.2) is 22.6 Å². The minimum atomic E-state index is -0.495. The topological polar surface area (TPSA) is 94.0 Å². The van der Waals surface area contributed by atoms with Gasteiger partial charge in [-0.2, -0.15) is 4.98 Å². The Labute approximate surface area is 117 Å². The van der Waals surface area contributed by atoms with Crippen LogP contribution in [0.3, 0.4) is 0 Å². The number of aromatic nitrogens is 2. The predicted molar refractivity (Wildman–Crippen MR) is 75.3 cm³/mol. The highest BCUT2D eigenvalue weighted by molar-refractivity contribution is 5.90. The van der Waals surface area contributed by atoms with Gasteiger partial charge >= 0.3 is 0 Å². The van der Waals surface area contributed by atoms with Crippen LogP contribution < -0.4 is 11.1 Å². The van der Waals surface area contributed by atoms with E-state index < -0.39 is 5.41 Å². The molecule has 6 heteroatoms. The normalized spacial score (nSPS) is 11.3. The van der Waals surface area contributed by atoms with Gasteiger partial charge < -0.3 is 15.6 Å². The fourth-order valence-corrected chi connectivity index (χ4v) is 1.83. The summed E-state index contributed by atoms with van der Waals surface area (Å²) in [6.07, 6.45) is 0. The lowest BCUT2D eigenvalue weighted by atomic mass is 9.84. The van der Waals surface area contributed by atoms with Crippen molar-refractivity contribution in [2.45, 2.75) is 26.2 Å². The molecule has 0 saturated heterocycles. The highest BCUT2D eigenvalue weighted by Crippen LogP contribution is 2.30. The van der Waals surface area contributed by atoms with Crippen molar-refractivity contribution in [3.8, 4) is 0 Å². The first-order valence-corrected chi connectivity index (χ1v) is 6.43. The van der Waals surface area contributed by atoms with Gasteiger partial charge in [-0.3, -0.25) is 4.79 Å². The Morgan fingerprint density at radius 2 is 2.00 bits per heavy atom. The molecule has 0 spiro atoms. The number of rotatable bonds is 4. The molecule has 1 aromatic carbocycles. The molecule has 1 amide bonds. The van der Waals surface area contributed by atoms with Gasteiger partial charge in [-0.15, -0.1) is 0 Å². The summed E-state index contributed by atoms with van der Waals surface area (Å²) in [7, 11) is 0. The van der Waals surface area contributed by atoms with Gasteiger partial charge in [0.2, 0.25) is 5.89 Å². The summed E-state index contributed by atoms with van der Waals surface area (Å²) in [5.41, 5.74) is 6.86. The molecule has 3 N–H and O–H groups in total. The summed E-state index contributed by atoms with van der Waals surface area (Å²) in [5.74, 6) is 0.101. The van der Waals surface area contributed by atoms with E-state index >= 15 is 0 Å². The van der Waals surface area contributed by atoms with E-state index in [0.717, 1.165) is 5.56 Å². The molecule has 0 atom stereocenters. The van der Waals surface area contributed by atoms with Gasteiger partial charge in [0.1, 0.15) is 0 Å². The number of anilines is 1. The van der Waals surface area contributed by atoms with Crippen LogP contribution in [0, 0.1) is 0 Å². The molecule has 0 aliphatic heterocycles. The van der Waals surface area contributed by atoms with Crippen molar-refractivity contribution in [3.05, 3.63) is 41.5 Å². The van der Waals surface area contributed by atoms with E-state index in [-0.39, 0.29) is 11.7 Å². The van der Waals surface area contributed by atoms with Crippen molar-refractivity contribution < 1.29 is 9.32 Å². The minimum Gasteiger partial charge on any atom is -0.399 e. The number of carbonyl (C=O) groups excluding carboxylic acids is 1. The highest BCUT2D eigenvalue weighted by atomic mass is 16.5. The quantitative estimate of drug-likeness (QED) is 0.828. The molecule has 20 heavy (non-hydrogen) atoms. The summed E-state index contributed by atoms with van der Waals surface area (Å²) in [4.78, 5) is 15.8. The average molecular weight is 274 g/mol. The SMILES string of the molecule is CCNC(=O)c1noc(C(C)(C)c2ccc(N)cc2)n1. The Morgan fingerprint density at radius 3 is 2.60 bits per heavy atom. The number of nitrogens with zero attached hydrogens (tertiary/aromatic N) is 2. The third-order valence-corrected chi connectivity index (χ3v) is 3.13. The third kappa shape index (κ3) is 2.64. The van der Waals surface area contributed by atoms with Crippen molar-refractivity contribution in [2.75, 3.05) is 12.3 Å². The summed E-state index contributed by atoms with van der Waals surface area (Å²) < 4.78 is 5.23. The lowest BCUT2D eigenvalue weighted by Gasteiger charge is -2.20. The standard InChI is InChI=1S/C14H18N4O2/c1-4-16-12(19)11-17-13(20-18-11)14(2,3)9-5-7-10(15)8-6-9/h5-8H,4,15H2,1-3H3,(H,16,19).